The van der Waals surface area contributed by atoms with E-state index in [4.69, 9.17) is 0 Å². The van der Waals surface area contributed by atoms with E-state index in [0.29, 0.717) is 17.6 Å². The number of carbonyl (C=O) groups excluding carboxylic acids is 1. The van der Waals surface area contributed by atoms with Crippen molar-refractivity contribution in [2.24, 2.45) is 0 Å². The van der Waals surface area contributed by atoms with Gasteiger partial charge in [-0.1, -0.05) is 12.1 Å². The van der Waals surface area contributed by atoms with E-state index in [2.05, 4.69) is 0 Å². The van der Waals surface area contributed by atoms with Crippen LogP contribution in [0.5, 0.6) is 0 Å². The van der Waals surface area contributed by atoms with Gasteiger partial charge in [0.05, 0.1) is 11.1 Å². The van der Waals surface area contributed by atoms with Gasteiger partial charge in [-0.2, -0.15) is 17.9 Å². The molecule has 0 unspecified atom stereocenters. The first kappa shape index (κ1) is 15.5. The Morgan fingerprint density at radius 1 is 1.29 bits per heavy atom. The van der Waals surface area contributed by atoms with Gasteiger partial charge in [0.25, 0.3) is 0 Å². The van der Waals surface area contributed by atoms with Crippen LogP contribution in [0.25, 0.3) is 0 Å². The van der Waals surface area contributed by atoms with E-state index in [1.807, 2.05) is 0 Å². The molecular formula is C15H16F3NO2. The molecule has 1 aromatic carbocycles. The highest BCUT2D eigenvalue weighted by atomic mass is 19.4. The summed E-state index contributed by atoms with van der Waals surface area (Å²) in [4.78, 5) is 11.9. The molecule has 0 N–H and O–H groups in total. The van der Waals surface area contributed by atoms with Gasteiger partial charge >= 0.3 is 6.18 Å². The number of ketones is 1. The summed E-state index contributed by atoms with van der Waals surface area (Å²) in [5, 5.41) is 12.3. The van der Waals surface area contributed by atoms with E-state index in [1.54, 1.807) is 0 Å². The van der Waals surface area contributed by atoms with Crippen LogP contribution in [0.1, 0.15) is 43.7 Å². The summed E-state index contributed by atoms with van der Waals surface area (Å²) in [6.45, 7) is 1.49. The molecule has 2 rings (SSSR count). The van der Waals surface area contributed by atoms with Gasteiger partial charge in [-0.3, -0.25) is 4.79 Å². The Labute approximate surface area is 120 Å². The molecule has 0 spiro atoms. The van der Waals surface area contributed by atoms with Gasteiger partial charge < -0.3 is 5.21 Å². The molecule has 1 fully saturated rings. The lowest BCUT2D eigenvalue weighted by molar-refractivity contribution is -0.525. The third kappa shape index (κ3) is 3.09. The molecule has 0 radical (unpaired) electrons. The fourth-order valence-corrected chi connectivity index (χ4v) is 2.53. The topological polar surface area (TPSA) is 43.1 Å². The van der Waals surface area contributed by atoms with Crippen molar-refractivity contribution in [2.75, 3.05) is 0 Å². The number of Topliss-reactive ketones (excluding diaryl/α,β-unsaturated/α-hetero) is 1. The highest BCUT2D eigenvalue weighted by molar-refractivity contribution is 5.88. The highest BCUT2D eigenvalue weighted by Crippen LogP contribution is 2.32. The summed E-state index contributed by atoms with van der Waals surface area (Å²) in [5.41, 5.74) is -2.37. The summed E-state index contributed by atoms with van der Waals surface area (Å²) in [6.07, 6.45) is -1.56. The molecule has 21 heavy (non-hydrogen) atoms. The fraction of sp³-hybridized carbons (Fsp3) is 0.467. The minimum absolute atomic E-state index is 0.218. The SMILES string of the molecule is C[C@]1(/[N+]([O-])=C/c2ccccc2C(F)(F)F)CCCCC1=O. The number of hydrogen-bond acceptors (Lipinski definition) is 2. The summed E-state index contributed by atoms with van der Waals surface area (Å²) in [6, 6.07) is 4.85. The van der Waals surface area contributed by atoms with Crippen molar-refractivity contribution in [3.05, 3.63) is 40.6 Å². The van der Waals surface area contributed by atoms with Gasteiger partial charge in [0, 0.05) is 19.8 Å². The average Bonchev–Trinajstić information content (AvgIpc) is 2.41. The Bertz CT molecular complexity index is 581. The van der Waals surface area contributed by atoms with E-state index in [-0.39, 0.29) is 11.3 Å². The molecule has 3 nitrogen and oxygen atoms in total. The number of halogens is 3. The molecule has 0 aliphatic heterocycles. The molecule has 1 aliphatic carbocycles. The third-order valence-corrected chi connectivity index (χ3v) is 3.93. The van der Waals surface area contributed by atoms with Crippen LogP contribution in [-0.4, -0.2) is 22.3 Å². The monoisotopic (exact) mass is 299 g/mol. The predicted molar refractivity (Wildman–Crippen MR) is 72.1 cm³/mol. The van der Waals surface area contributed by atoms with Crippen LogP contribution in [-0.2, 0) is 11.0 Å². The van der Waals surface area contributed by atoms with Crippen LogP contribution in [0.15, 0.2) is 24.3 Å². The van der Waals surface area contributed by atoms with Crippen molar-refractivity contribution in [1.29, 1.82) is 0 Å². The number of benzene rings is 1. The number of hydroxylamine groups is 1. The molecule has 0 heterocycles. The number of nitrogens with zero attached hydrogens (tertiary/aromatic N) is 1. The first-order chi connectivity index (χ1) is 9.75. The van der Waals surface area contributed by atoms with Crippen LogP contribution in [0.2, 0.25) is 0 Å². The maximum Gasteiger partial charge on any atom is 0.417 e. The van der Waals surface area contributed by atoms with Gasteiger partial charge in [0.2, 0.25) is 11.3 Å². The Morgan fingerprint density at radius 2 is 1.95 bits per heavy atom. The van der Waals surface area contributed by atoms with E-state index in [0.717, 1.165) is 25.1 Å². The quantitative estimate of drug-likeness (QED) is 0.363. The minimum Gasteiger partial charge on any atom is -0.623 e. The number of alkyl halides is 3. The van der Waals surface area contributed by atoms with E-state index < -0.39 is 17.3 Å². The zero-order valence-electron chi connectivity index (χ0n) is 11.6. The molecule has 0 amide bonds. The van der Waals surface area contributed by atoms with Gasteiger partial charge in [-0.05, 0) is 25.0 Å². The molecule has 1 atom stereocenters. The Kier molecular flexibility index (Phi) is 4.07. The second kappa shape index (κ2) is 5.50. The largest absolute Gasteiger partial charge is 0.623 e. The number of carbonyl (C=O) groups is 1. The summed E-state index contributed by atoms with van der Waals surface area (Å²) in [7, 11) is 0. The Balaban J connectivity index is 2.42. The molecule has 114 valence electrons. The van der Waals surface area contributed by atoms with Crippen molar-refractivity contribution in [1.82, 2.24) is 0 Å². The fourth-order valence-electron chi connectivity index (χ4n) is 2.53. The van der Waals surface area contributed by atoms with Crippen molar-refractivity contribution in [2.45, 2.75) is 44.3 Å². The van der Waals surface area contributed by atoms with Crippen LogP contribution in [0.4, 0.5) is 13.2 Å². The lowest BCUT2D eigenvalue weighted by Crippen LogP contribution is -2.47. The van der Waals surface area contributed by atoms with Crippen molar-refractivity contribution in [3.8, 4) is 0 Å². The molecule has 1 aliphatic rings. The maximum atomic E-state index is 12.9. The van der Waals surface area contributed by atoms with Crippen molar-refractivity contribution in [3.63, 3.8) is 0 Å². The number of hydrogen-bond donors (Lipinski definition) is 0. The zero-order valence-corrected chi connectivity index (χ0v) is 11.6. The molecular weight excluding hydrogens is 283 g/mol. The van der Waals surface area contributed by atoms with Crippen LogP contribution < -0.4 is 0 Å². The summed E-state index contributed by atoms with van der Waals surface area (Å²) in [5.74, 6) is -0.218. The molecule has 1 saturated carbocycles. The normalized spacial score (nSPS) is 24.2. The van der Waals surface area contributed by atoms with E-state index in [9.17, 15) is 23.2 Å². The number of rotatable bonds is 2. The highest BCUT2D eigenvalue weighted by Gasteiger charge is 2.43. The first-order valence-electron chi connectivity index (χ1n) is 6.76. The third-order valence-electron chi connectivity index (χ3n) is 3.93. The molecule has 6 heteroatoms. The second-order valence-electron chi connectivity index (χ2n) is 5.44. The summed E-state index contributed by atoms with van der Waals surface area (Å²) >= 11 is 0. The standard InChI is InChI=1S/C15H16F3NO2/c1-14(9-5-4-8-13(14)20)19(21)10-11-6-2-3-7-12(11)15(16,17)18/h2-3,6-7,10H,4-5,8-9H2,1H3/b19-10-/t14-/m0/s1. The lowest BCUT2D eigenvalue weighted by Gasteiger charge is -2.30. The van der Waals surface area contributed by atoms with Gasteiger partial charge in [0.1, 0.15) is 0 Å². The lowest BCUT2D eigenvalue weighted by atomic mass is 9.82. The van der Waals surface area contributed by atoms with Crippen LogP contribution >= 0.6 is 0 Å². The maximum absolute atomic E-state index is 12.9. The van der Waals surface area contributed by atoms with E-state index in [1.165, 1.54) is 25.1 Å². The zero-order chi connectivity index (χ0) is 15.7. The van der Waals surface area contributed by atoms with E-state index >= 15 is 0 Å². The molecule has 1 aromatic rings. The van der Waals surface area contributed by atoms with Crippen LogP contribution in [0.3, 0.4) is 0 Å². The molecule has 0 bridgehead atoms. The molecule has 0 saturated heterocycles. The minimum atomic E-state index is -4.54. The van der Waals surface area contributed by atoms with Crippen molar-refractivity contribution < 1.29 is 22.7 Å². The molecule has 0 aromatic heterocycles. The summed E-state index contributed by atoms with van der Waals surface area (Å²) < 4.78 is 39.1. The van der Waals surface area contributed by atoms with Crippen molar-refractivity contribution >= 4 is 12.0 Å². The second-order valence-corrected chi connectivity index (χ2v) is 5.44. The smallest absolute Gasteiger partial charge is 0.417 e. The average molecular weight is 299 g/mol. The van der Waals surface area contributed by atoms with Gasteiger partial charge in [-0.25, -0.2) is 0 Å². The van der Waals surface area contributed by atoms with Gasteiger partial charge in [-0.15, -0.1) is 0 Å². The predicted octanol–water partition coefficient (Wildman–Crippen LogP) is 3.54. The van der Waals surface area contributed by atoms with Gasteiger partial charge in [0.15, 0.2) is 6.21 Å². The Hall–Kier alpha value is -1.85. The first-order valence-corrected chi connectivity index (χ1v) is 6.76. The van der Waals surface area contributed by atoms with Crippen LogP contribution in [0, 0.1) is 5.21 Å². The Morgan fingerprint density at radius 3 is 2.57 bits per heavy atom.